The molecule has 1 aliphatic heterocycles. The zero-order valence-corrected chi connectivity index (χ0v) is 20.5. The largest absolute Gasteiger partial charge is 0.495 e. The molecule has 6 heteroatoms. The molecule has 1 heterocycles. The molecule has 0 aliphatic carbocycles. The van der Waals surface area contributed by atoms with E-state index in [2.05, 4.69) is 17.1 Å². The van der Waals surface area contributed by atoms with Crippen LogP contribution in [-0.2, 0) is 6.42 Å². The molecule has 35 heavy (non-hydrogen) atoms. The van der Waals surface area contributed by atoms with Gasteiger partial charge in [-0.15, -0.1) is 0 Å². The van der Waals surface area contributed by atoms with E-state index in [0.29, 0.717) is 29.9 Å². The van der Waals surface area contributed by atoms with Gasteiger partial charge < -0.3 is 19.9 Å². The Hall–Kier alpha value is -3.80. The van der Waals surface area contributed by atoms with Crippen LogP contribution >= 0.6 is 0 Å². The number of carbonyl (C=O) groups is 2. The minimum Gasteiger partial charge on any atom is -0.495 e. The van der Waals surface area contributed by atoms with E-state index in [1.165, 1.54) is 5.56 Å². The topological polar surface area (TPSA) is 61.9 Å². The van der Waals surface area contributed by atoms with E-state index in [1.54, 1.807) is 19.2 Å². The highest BCUT2D eigenvalue weighted by Gasteiger charge is 2.24. The molecule has 0 atom stereocenters. The number of hydrogen-bond donors (Lipinski definition) is 1. The van der Waals surface area contributed by atoms with Gasteiger partial charge in [-0.25, -0.2) is 0 Å². The fraction of sp³-hybridized carbons (Fsp3) is 0.310. The first-order chi connectivity index (χ1) is 17.1. The molecular formula is C29H33N3O3. The summed E-state index contributed by atoms with van der Waals surface area (Å²) in [5.74, 6) is 0.634. The van der Waals surface area contributed by atoms with Crippen molar-refractivity contribution >= 4 is 23.2 Å². The number of carbonyl (C=O) groups excluding carboxylic acids is 2. The average Bonchev–Trinajstić information content (AvgIpc) is 2.92. The Kier molecular flexibility index (Phi) is 8.03. The van der Waals surface area contributed by atoms with E-state index in [9.17, 15) is 9.59 Å². The van der Waals surface area contributed by atoms with Crippen LogP contribution in [0.25, 0.3) is 0 Å². The van der Waals surface area contributed by atoms with Crippen molar-refractivity contribution in [2.24, 2.45) is 0 Å². The van der Waals surface area contributed by atoms with E-state index < -0.39 is 0 Å². The molecule has 0 spiro atoms. The van der Waals surface area contributed by atoms with Crippen molar-refractivity contribution in [2.45, 2.75) is 26.2 Å². The van der Waals surface area contributed by atoms with Gasteiger partial charge in [0.2, 0.25) is 0 Å². The summed E-state index contributed by atoms with van der Waals surface area (Å²) in [6.07, 6.45) is 3.31. The first kappa shape index (κ1) is 24.3. The smallest absolute Gasteiger partial charge is 0.255 e. The number of rotatable bonds is 8. The second-order valence-electron chi connectivity index (χ2n) is 8.79. The molecule has 0 bridgehead atoms. The van der Waals surface area contributed by atoms with E-state index in [4.69, 9.17) is 4.74 Å². The van der Waals surface area contributed by atoms with Crippen LogP contribution in [0.15, 0.2) is 72.8 Å². The number of methoxy groups -OCH3 is 1. The molecule has 3 aromatic rings. The fourth-order valence-corrected chi connectivity index (χ4v) is 4.36. The van der Waals surface area contributed by atoms with Gasteiger partial charge in [-0.3, -0.25) is 9.59 Å². The number of unbranched alkanes of at least 4 members (excludes halogenated alkanes) is 1. The molecule has 2 amide bonds. The van der Waals surface area contributed by atoms with Crippen molar-refractivity contribution in [3.63, 3.8) is 0 Å². The number of ether oxygens (including phenoxy) is 1. The highest BCUT2D eigenvalue weighted by molar-refractivity contribution is 6.05. The predicted octanol–water partition coefficient (Wildman–Crippen LogP) is 5.25. The number of para-hydroxylation sites is 2. The summed E-state index contributed by atoms with van der Waals surface area (Å²) in [6, 6.07) is 22.8. The van der Waals surface area contributed by atoms with Crippen LogP contribution in [0.2, 0.25) is 0 Å². The summed E-state index contributed by atoms with van der Waals surface area (Å²) in [5, 5.41) is 2.93. The lowest BCUT2D eigenvalue weighted by molar-refractivity contribution is 0.0746. The van der Waals surface area contributed by atoms with Crippen LogP contribution in [0.5, 0.6) is 5.75 Å². The third-order valence-electron chi connectivity index (χ3n) is 6.40. The maximum Gasteiger partial charge on any atom is 0.255 e. The van der Waals surface area contributed by atoms with Crippen molar-refractivity contribution in [1.82, 2.24) is 4.90 Å². The first-order valence-electron chi connectivity index (χ1n) is 12.3. The normalized spacial score (nSPS) is 13.4. The highest BCUT2D eigenvalue weighted by atomic mass is 16.5. The molecule has 3 aromatic carbocycles. The van der Waals surface area contributed by atoms with Gasteiger partial charge in [0.15, 0.2) is 0 Å². The summed E-state index contributed by atoms with van der Waals surface area (Å²) >= 11 is 0. The molecule has 6 nitrogen and oxygen atoms in total. The van der Waals surface area contributed by atoms with Crippen molar-refractivity contribution in [3.05, 3.63) is 89.5 Å². The van der Waals surface area contributed by atoms with Gasteiger partial charge in [0.05, 0.1) is 12.8 Å². The molecule has 0 radical (unpaired) electrons. The van der Waals surface area contributed by atoms with Crippen molar-refractivity contribution in [3.8, 4) is 5.75 Å². The number of nitrogens with zero attached hydrogens (tertiary/aromatic N) is 2. The van der Waals surface area contributed by atoms with Crippen LogP contribution in [0.3, 0.4) is 0 Å². The lowest BCUT2D eigenvalue weighted by Gasteiger charge is -2.36. The summed E-state index contributed by atoms with van der Waals surface area (Å²) in [5.41, 5.74) is 4.08. The first-order valence-corrected chi connectivity index (χ1v) is 12.3. The van der Waals surface area contributed by atoms with Gasteiger partial charge in [0, 0.05) is 43.0 Å². The number of nitrogens with one attached hydrogen (secondary N) is 1. The number of piperazine rings is 1. The lowest BCUT2D eigenvalue weighted by Crippen LogP contribution is -2.48. The zero-order chi connectivity index (χ0) is 24.6. The van der Waals surface area contributed by atoms with Crippen LogP contribution in [0.4, 0.5) is 11.4 Å². The standard InChI is InChI=1S/C29H33N3O3/c1-3-4-8-22-13-15-23(16-14-22)28(33)30-25-10-7-9-24(21-25)29(34)32-19-17-31(18-20-32)26-11-5-6-12-27(26)35-2/h5-7,9-16,21H,3-4,8,17-20H2,1-2H3,(H,30,33). The number of aryl methyl sites for hydroxylation is 1. The number of anilines is 2. The Bertz CT molecular complexity index is 1150. The molecule has 0 aromatic heterocycles. The molecule has 4 rings (SSSR count). The third-order valence-corrected chi connectivity index (χ3v) is 6.40. The third kappa shape index (κ3) is 6.01. The maximum atomic E-state index is 13.2. The highest BCUT2D eigenvalue weighted by Crippen LogP contribution is 2.28. The van der Waals surface area contributed by atoms with Crippen molar-refractivity contribution in [2.75, 3.05) is 43.5 Å². The van der Waals surface area contributed by atoms with Crippen LogP contribution in [0.1, 0.15) is 46.0 Å². The minimum absolute atomic E-state index is 0.0268. The molecular weight excluding hydrogens is 438 g/mol. The predicted molar refractivity (Wildman–Crippen MR) is 141 cm³/mol. The minimum atomic E-state index is -0.179. The van der Waals surface area contributed by atoms with Gasteiger partial charge in [-0.1, -0.05) is 43.7 Å². The monoisotopic (exact) mass is 471 g/mol. The second kappa shape index (κ2) is 11.6. The van der Waals surface area contributed by atoms with Gasteiger partial charge in [-0.05, 0) is 60.9 Å². The Labute approximate surface area is 207 Å². The molecule has 1 N–H and O–H groups in total. The van der Waals surface area contributed by atoms with Gasteiger partial charge in [-0.2, -0.15) is 0 Å². The summed E-state index contributed by atoms with van der Waals surface area (Å²) in [7, 11) is 1.67. The molecule has 1 fully saturated rings. The van der Waals surface area contributed by atoms with Gasteiger partial charge in [0.1, 0.15) is 5.75 Å². The van der Waals surface area contributed by atoms with Crippen molar-refractivity contribution < 1.29 is 14.3 Å². The number of benzene rings is 3. The number of amides is 2. The zero-order valence-electron chi connectivity index (χ0n) is 20.5. The maximum absolute atomic E-state index is 13.2. The van der Waals surface area contributed by atoms with Gasteiger partial charge in [0.25, 0.3) is 11.8 Å². The lowest BCUT2D eigenvalue weighted by atomic mass is 10.1. The molecule has 1 aliphatic rings. The van der Waals surface area contributed by atoms with E-state index >= 15 is 0 Å². The molecule has 1 saturated heterocycles. The number of hydrogen-bond acceptors (Lipinski definition) is 4. The SMILES string of the molecule is CCCCc1ccc(C(=O)Nc2cccc(C(=O)N3CCN(c4ccccc4OC)CC3)c2)cc1. The van der Waals surface area contributed by atoms with Crippen LogP contribution < -0.4 is 15.0 Å². The fourth-order valence-electron chi connectivity index (χ4n) is 4.36. The van der Waals surface area contributed by atoms with Crippen LogP contribution in [0, 0.1) is 0 Å². The Morgan fingerprint density at radius 3 is 2.34 bits per heavy atom. The average molecular weight is 472 g/mol. The van der Waals surface area contributed by atoms with E-state index in [0.717, 1.165) is 43.8 Å². The molecule has 0 saturated carbocycles. The van der Waals surface area contributed by atoms with Gasteiger partial charge >= 0.3 is 0 Å². The van der Waals surface area contributed by atoms with E-state index in [-0.39, 0.29) is 11.8 Å². The Morgan fingerprint density at radius 2 is 1.63 bits per heavy atom. The summed E-state index contributed by atoms with van der Waals surface area (Å²) in [6.45, 7) is 4.88. The van der Waals surface area contributed by atoms with E-state index in [1.807, 2.05) is 65.6 Å². The summed E-state index contributed by atoms with van der Waals surface area (Å²) in [4.78, 5) is 30.0. The Balaban J connectivity index is 1.36. The molecule has 0 unspecified atom stereocenters. The second-order valence-corrected chi connectivity index (χ2v) is 8.79. The van der Waals surface area contributed by atoms with Crippen molar-refractivity contribution in [1.29, 1.82) is 0 Å². The van der Waals surface area contributed by atoms with Crippen LogP contribution in [-0.4, -0.2) is 50.0 Å². The Morgan fingerprint density at radius 1 is 0.886 bits per heavy atom. The molecule has 182 valence electrons. The quantitative estimate of drug-likeness (QED) is 0.487. The summed E-state index contributed by atoms with van der Waals surface area (Å²) < 4.78 is 5.48.